The molecule has 2 nitrogen and oxygen atoms in total. The molecule has 0 spiro atoms. The second-order valence-corrected chi connectivity index (χ2v) is 6.21. The minimum atomic E-state index is -5.63. The van der Waals surface area contributed by atoms with Gasteiger partial charge in [0, 0.05) is 5.41 Å². The Morgan fingerprint density at radius 2 is 1.29 bits per heavy atom. The summed E-state index contributed by atoms with van der Waals surface area (Å²) in [4.78, 5) is 0. The Balaban J connectivity index is 5.33. The van der Waals surface area contributed by atoms with Crippen molar-refractivity contribution in [1.29, 1.82) is 0 Å². The van der Waals surface area contributed by atoms with E-state index in [-0.39, 0.29) is 18.3 Å². The lowest BCUT2D eigenvalue weighted by Gasteiger charge is -2.41. The van der Waals surface area contributed by atoms with Crippen LogP contribution in [0, 0.1) is 17.3 Å². The van der Waals surface area contributed by atoms with Crippen LogP contribution >= 0.6 is 0 Å². The van der Waals surface area contributed by atoms with Crippen LogP contribution in [0.5, 0.6) is 0 Å². The normalized spacial score (nSPS) is 18.4. The van der Waals surface area contributed by atoms with Gasteiger partial charge in [0.2, 0.25) is 0 Å². The van der Waals surface area contributed by atoms with Gasteiger partial charge in [0.25, 0.3) is 6.10 Å². The minimum absolute atomic E-state index is 0.0223. The smallest absolute Gasteiger partial charge is 0.367 e. The Hall–Kier alpha value is -0.500. The zero-order valence-corrected chi connectivity index (χ0v) is 12.6. The fraction of sp³-hybridized carbons (Fsp3) is 1.00. The van der Waals surface area contributed by atoms with E-state index in [4.69, 9.17) is 0 Å². The Morgan fingerprint density at radius 3 is 1.52 bits per heavy atom. The van der Waals surface area contributed by atoms with Crippen LogP contribution < -0.4 is 0 Å². The first kappa shape index (κ1) is 20.5. The molecule has 0 saturated carbocycles. The van der Waals surface area contributed by atoms with Crippen LogP contribution in [0.15, 0.2) is 0 Å². The van der Waals surface area contributed by atoms with Crippen LogP contribution in [0.4, 0.5) is 26.3 Å². The van der Waals surface area contributed by atoms with Crippen molar-refractivity contribution < 1.29 is 36.2 Å². The average Bonchev–Trinajstić information content (AvgIpc) is 2.20. The van der Waals surface area contributed by atoms with Crippen LogP contribution in [-0.2, 0) is 4.74 Å². The second kappa shape index (κ2) is 6.73. The molecule has 0 aliphatic carbocycles. The fourth-order valence-corrected chi connectivity index (χ4v) is 2.13. The van der Waals surface area contributed by atoms with E-state index in [1.165, 1.54) is 6.92 Å². The molecule has 0 rings (SSSR count). The summed E-state index contributed by atoms with van der Waals surface area (Å²) in [6, 6.07) is 0. The van der Waals surface area contributed by atoms with E-state index >= 15 is 0 Å². The van der Waals surface area contributed by atoms with Crippen molar-refractivity contribution in [2.24, 2.45) is 17.3 Å². The van der Waals surface area contributed by atoms with E-state index < -0.39 is 30.2 Å². The molecule has 0 aliphatic heterocycles. The molecule has 0 saturated heterocycles. The standard InChI is InChI=1S/C13H22F6O2/c1-7(2)6-11(5,8(3)4)10(20)21-9(12(14,15)16)13(17,18)19/h7-10,20H,6H2,1-5H3/t10-,11?/m1/s1. The summed E-state index contributed by atoms with van der Waals surface area (Å²) in [6.07, 6.45) is -17.2. The molecule has 128 valence electrons. The van der Waals surface area contributed by atoms with Crippen molar-refractivity contribution in [1.82, 2.24) is 0 Å². The lowest BCUT2D eigenvalue weighted by Crippen LogP contribution is -2.51. The van der Waals surface area contributed by atoms with Gasteiger partial charge in [-0.15, -0.1) is 0 Å². The van der Waals surface area contributed by atoms with Gasteiger partial charge in [0.05, 0.1) is 0 Å². The summed E-state index contributed by atoms with van der Waals surface area (Å²) in [5.41, 5.74) is -1.22. The van der Waals surface area contributed by atoms with Gasteiger partial charge in [-0.3, -0.25) is 0 Å². The molecule has 0 aromatic heterocycles. The maximum absolute atomic E-state index is 12.5. The van der Waals surface area contributed by atoms with Gasteiger partial charge in [-0.05, 0) is 18.3 Å². The van der Waals surface area contributed by atoms with Crippen molar-refractivity contribution in [3.05, 3.63) is 0 Å². The highest BCUT2D eigenvalue weighted by molar-refractivity contribution is 4.85. The third-order valence-corrected chi connectivity index (χ3v) is 3.59. The van der Waals surface area contributed by atoms with E-state index in [1.807, 2.05) is 0 Å². The van der Waals surface area contributed by atoms with Gasteiger partial charge in [-0.2, -0.15) is 26.3 Å². The molecule has 8 heteroatoms. The molecule has 0 amide bonds. The first-order chi connectivity index (χ1) is 9.12. The van der Waals surface area contributed by atoms with Crippen LogP contribution in [0.1, 0.15) is 41.0 Å². The van der Waals surface area contributed by atoms with Crippen LogP contribution in [-0.4, -0.2) is 29.9 Å². The molecule has 0 fully saturated rings. The van der Waals surface area contributed by atoms with Gasteiger partial charge in [0.15, 0.2) is 6.29 Å². The minimum Gasteiger partial charge on any atom is -0.367 e. The largest absolute Gasteiger partial charge is 0.423 e. The van der Waals surface area contributed by atoms with E-state index in [0.29, 0.717) is 0 Å². The van der Waals surface area contributed by atoms with Gasteiger partial charge in [-0.25, -0.2) is 0 Å². The maximum atomic E-state index is 12.5. The van der Waals surface area contributed by atoms with E-state index in [0.717, 1.165) is 0 Å². The number of hydrogen-bond acceptors (Lipinski definition) is 2. The van der Waals surface area contributed by atoms with E-state index in [2.05, 4.69) is 4.74 Å². The maximum Gasteiger partial charge on any atom is 0.423 e. The van der Waals surface area contributed by atoms with Gasteiger partial charge < -0.3 is 9.84 Å². The van der Waals surface area contributed by atoms with Gasteiger partial charge >= 0.3 is 12.4 Å². The Labute approximate surface area is 120 Å². The number of hydrogen-bond donors (Lipinski definition) is 1. The Kier molecular flexibility index (Phi) is 6.57. The first-order valence-corrected chi connectivity index (χ1v) is 6.59. The molecule has 2 atom stereocenters. The quantitative estimate of drug-likeness (QED) is 0.575. The zero-order valence-electron chi connectivity index (χ0n) is 12.6. The molecule has 0 aromatic carbocycles. The number of aliphatic hydroxyl groups is 1. The molecule has 0 bridgehead atoms. The van der Waals surface area contributed by atoms with Gasteiger partial charge in [0.1, 0.15) is 0 Å². The highest BCUT2D eigenvalue weighted by atomic mass is 19.4. The number of halogens is 6. The summed E-state index contributed by atoms with van der Waals surface area (Å²) in [5.74, 6) is -0.386. The summed E-state index contributed by atoms with van der Waals surface area (Å²) < 4.78 is 78.8. The number of aliphatic hydroxyl groups excluding tert-OH is 1. The molecule has 1 N–H and O–H groups in total. The fourth-order valence-electron chi connectivity index (χ4n) is 2.13. The molecule has 0 aliphatic rings. The van der Waals surface area contributed by atoms with Crippen molar-refractivity contribution >= 4 is 0 Å². The molecule has 0 aromatic rings. The molecule has 0 radical (unpaired) electrons. The van der Waals surface area contributed by atoms with Gasteiger partial charge in [-0.1, -0.05) is 34.6 Å². The predicted molar refractivity (Wildman–Crippen MR) is 65.4 cm³/mol. The molecule has 0 heterocycles. The topological polar surface area (TPSA) is 29.5 Å². The summed E-state index contributed by atoms with van der Waals surface area (Å²) in [7, 11) is 0. The number of alkyl halides is 6. The predicted octanol–water partition coefficient (Wildman–Crippen LogP) is 4.52. The van der Waals surface area contributed by atoms with E-state index in [1.54, 1.807) is 27.7 Å². The summed E-state index contributed by atoms with van der Waals surface area (Å²) in [6.45, 7) is 8.18. The number of ether oxygens (including phenoxy) is 1. The Morgan fingerprint density at radius 1 is 0.905 bits per heavy atom. The molecule has 1 unspecified atom stereocenters. The molecular weight excluding hydrogens is 302 g/mol. The lowest BCUT2D eigenvalue weighted by molar-refractivity contribution is -0.363. The first-order valence-electron chi connectivity index (χ1n) is 6.59. The van der Waals surface area contributed by atoms with Crippen molar-refractivity contribution in [3.8, 4) is 0 Å². The van der Waals surface area contributed by atoms with Crippen molar-refractivity contribution in [2.75, 3.05) is 0 Å². The highest BCUT2D eigenvalue weighted by Gasteiger charge is 2.60. The third-order valence-electron chi connectivity index (χ3n) is 3.59. The van der Waals surface area contributed by atoms with Crippen LogP contribution in [0.25, 0.3) is 0 Å². The average molecular weight is 324 g/mol. The Bertz CT molecular complexity index is 310. The molecule has 21 heavy (non-hydrogen) atoms. The monoisotopic (exact) mass is 324 g/mol. The van der Waals surface area contributed by atoms with Crippen LogP contribution in [0.2, 0.25) is 0 Å². The summed E-state index contributed by atoms with van der Waals surface area (Å²) >= 11 is 0. The van der Waals surface area contributed by atoms with E-state index in [9.17, 15) is 31.4 Å². The molecular formula is C13H22F6O2. The van der Waals surface area contributed by atoms with Crippen LogP contribution in [0.3, 0.4) is 0 Å². The highest BCUT2D eigenvalue weighted by Crippen LogP contribution is 2.42. The van der Waals surface area contributed by atoms with Crippen molar-refractivity contribution in [2.45, 2.75) is 65.8 Å². The van der Waals surface area contributed by atoms with Crippen molar-refractivity contribution in [3.63, 3.8) is 0 Å². The second-order valence-electron chi connectivity index (χ2n) is 6.21. The number of rotatable bonds is 6. The summed E-state index contributed by atoms with van der Waals surface area (Å²) in [5, 5.41) is 9.86. The third kappa shape index (κ3) is 5.65. The SMILES string of the molecule is CC(C)CC(C)(C(C)C)[C@H](O)OC(C(F)(F)F)C(F)(F)F. The zero-order chi connectivity index (χ0) is 17.2. The lowest BCUT2D eigenvalue weighted by atomic mass is 9.72.